The maximum Gasteiger partial charge on any atom is 0.338 e. The van der Waals surface area contributed by atoms with Crippen LogP contribution in [0.3, 0.4) is 0 Å². The number of fused-ring (bicyclic) bond motifs is 2. The van der Waals surface area contributed by atoms with Gasteiger partial charge in [-0.1, -0.05) is 0 Å². The van der Waals surface area contributed by atoms with Gasteiger partial charge >= 0.3 is 5.97 Å². The number of aromatic nitrogens is 4. The molecule has 0 unspecified atom stereocenters. The van der Waals surface area contributed by atoms with E-state index in [0.717, 1.165) is 16.9 Å². The monoisotopic (exact) mass is 352 g/mol. The molecule has 0 radical (unpaired) electrons. The molecule has 0 atom stereocenters. The smallest absolute Gasteiger partial charge is 0.338 e. The van der Waals surface area contributed by atoms with Gasteiger partial charge in [0.25, 0.3) is 0 Å². The Bertz CT molecular complexity index is 1040. The predicted molar refractivity (Wildman–Crippen MR) is 97.0 cm³/mol. The van der Waals surface area contributed by atoms with Gasteiger partial charge in [0.15, 0.2) is 0 Å². The lowest BCUT2D eigenvalue weighted by atomic mass is 10.00. The summed E-state index contributed by atoms with van der Waals surface area (Å²) in [5, 5.41) is 9.75. The van der Waals surface area contributed by atoms with E-state index in [1.807, 2.05) is 39.5 Å². The lowest BCUT2D eigenvalue weighted by Crippen LogP contribution is -2.15. The molecule has 0 aliphatic carbocycles. The normalized spacial score (nSPS) is 11.2. The van der Waals surface area contributed by atoms with Gasteiger partial charge in [0.2, 0.25) is 0 Å². The maximum absolute atomic E-state index is 11.1. The van der Waals surface area contributed by atoms with Crippen LogP contribution in [0.5, 0.6) is 0 Å². The summed E-state index contributed by atoms with van der Waals surface area (Å²) in [6.45, 7) is 3.53. The van der Waals surface area contributed by atoms with Crippen molar-refractivity contribution in [3.63, 3.8) is 0 Å². The Morgan fingerprint density at radius 3 is 2.15 bits per heavy atom. The SMILES string of the molecule is CC(C)(O)c1ccn2ccnc2c1.COC(=O)c1ccn2ccnc2c1. The average molecular weight is 352 g/mol. The highest BCUT2D eigenvalue weighted by molar-refractivity contribution is 5.90. The number of methoxy groups -OCH3 is 1. The van der Waals surface area contributed by atoms with Crippen molar-refractivity contribution in [3.8, 4) is 0 Å². The van der Waals surface area contributed by atoms with Gasteiger partial charge in [0.05, 0.1) is 18.3 Å². The first-order chi connectivity index (χ1) is 12.4. The van der Waals surface area contributed by atoms with Gasteiger partial charge < -0.3 is 18.6 Å². The molecule has 0 saturated heterocycles. The molecule has 1 N–H and O–H groups in total. The van der Waals surface area contributed by atoms with Crippen LogP contribution < -0.4 is 0 Å². The Morgan fingerprint density at radius 1 is 1.00 bits per heavy atom. The molecule has 0 aliphatic rings. The van der Waals surface area contributed by atoms with Crippen molar-refractivity contribution < 1.29 is 14.6 Å². The van der Waals surface area contributed by atoms with Crippen LogP contribution in [0.1, 0.15) is 29.8 Å². The van der Waals surface area contributed by atoms with Gasteiger partial charge in [-0.05, 0) is 43.7 Å². The van der Waals surface area contributed by atoms with Crippen LogP contribution in [0.15, 0.2) is 61.4 Å². The van der Waals surface area contributed by atoms with E-state index < -0.39 is 5.60 Å². The minimum absolute atomic E-state index is 0.342. The molecule has 26 heavy (non-hydrogen) atoms. The van der Waals surface area contributed by atoms with Crippen LogP contribution in [0, 0.1) is 0 Å². The Morgan fingerprint density at radius 2 is 1.58 bits per heavy atom. The van der Waals surface area contributed by atoms with Crippen molar-refractivity contribution in [1.29, 1.82) is 0 Å². The summed E-state index contributed by atoms with van der Waals surface area (Å²) >= 11 is 0. The minimum atomic E-state index is -0.798. The van der Waals surface area contributed by atoms with Crippen LogP contribution >= 0.6 is 0 Å². The Labute approximate surface area is 150 Å². The third-order valence-corrected chi connectivity index (χ3v) is 3.92. The van der Waals surface area contributed by atoms with Crippen molar-refractivity contribution in [3.05, 3.63) is 72.6 Å². The van der Waals surface area contributed by atoms with Crippen molar-refractivity contribution >= 4 is 17.3 Å². The lowest BCUT2D eigenvalue weighted by Gasteiger charge is -2.17. The minimum Gasteiger partial charge on any atom is -0.465 e. The highest BCUT2D eigenvalue weighted by Crippen LogP contribution is 2.20. The van der Waals surface area contributed by atoms with Gasteiger partial charge in [-0.3, -0.25) is 0 Å². The summed E-state index contributed by atoms with van der Waals surface area (Å²) in [4.78, 5) is 19.3. The Kier molecular flexibility index (Phi) is 4.73. The second kappa shape index (κ2) is 6.97. The fraction of sp³-hybridized carbons (Fsp3) is 0.211. The van der Waals surface area contributed by atoms with E-state index in [4.69, 9.17) is 0 Å². The number of hydrogen-bond donors (Lipinski definition) is 1. The largest absolute Gasteiger partial charge is 0.465 e. The molecule has 4 heterocycles. The van der Waals surface area contributed by atoms with Gasteiger partial charge in [-0.2, -0.15) is 0 Å². The fourth-order valence-electron chi connectivity index (χ4n) is 2.45. The second-order valence-electron chi connectivity index (χ2n) is 6.27. The summed E-state index contributed by atoms with van der Waals surface area (Å²) in [5.41, 5.74) is 2.20. The summed E-state index contributed by atoms with van der Waals surface area (Å²) < 4.78 is 8.32. The zero-order valence-electron chi connectivity index (χ0n) is 14.8. The molecule has 0 aromatic carbocycles. The molecule has 4 aromatic rings. The third kappa shape index (κ3) is 3.73. The molecule has 0 bridgehead atoms. The first-order valence-corrected chi connectivity index (χ1v) is 8.05. The Hall–Kier alpha value is -3.19. The molecular weight excluding hydrogens is 332 g/mol. The highest BCUT2D eigenvalue weighted by Gasteiger charge is 2.15. The second-order valence-corrected chi connectivity index (χ2v) is 6.27. The zero-order valence-corrected chi connectivity index (χ0v) is 14.8. The van der Waals surface area contributed by atoms with Crippen LogP contribution in [-0.2, 0) is 10.3 Å². The predicted octanol–water partition coefficient (Wildman–Crippen LogP) is 2.68. The van der Waals surface area contributed by atoms with Crippen molar-refractivity contribution in [1.82, 2.24) is 18.8 Å². The first-order valence-electron chi connectivity index (χ1n) is 8.05. The van der Waals surface area contributed by atoms with Gasteiger partial charge in [0.1, 0.15) is 11.3 Å². The van der Waals surface area contributed by atoms with Crippen molar-refractivity contribution in [2.75, 3.05) is 7.11 Å². The van der Waals surface area contributed by atoms with Gasteiger partial charge in [-0.25, -0.2) is 14.8 Å². The van der Waals surface area contributed by atoms with E-state index in [9.17, 15) is 9.90 Å². The molecule has 134 valence electrons. The number of imidazole rings is 2. The fourth-order valence-corrected chi connectivity index (χ4v) is 2.45. The number of rotatable bonds is 2. The number of carbonyl (C=O) groups is 1. The number of carbonyl (C=O) groups excluding carboxylic acids is 1. The maximum atomic E-state index is 11.1. The highest BCUT2D eigenvalue weighted by atomic mass is 16.5. The number of hydrogen-bond acceptors (Lipinski definition) is 5. The number of aliphatic hydroxyl groups is 1. The molecule has 7 heteroatoms. The number of pyridine rings is 2. The zero-order chi connectivity index (χ0) is 18.7. The molecular formula is C19H20N4O3. The molecule has 0 spiro atoms. The molecule has 0 aliphatic heterocycles. The van der Waals surface area contributed by atoms with Crippen LogP contribution in [0.4, 0.5) is 0 Å². The summed E-state index contributed by atoms with van der Waals surface area (Å²) in [6, 6.07) is 7.17. The molecule has 4 rings (SSSR count). The topological polar surface area (TPSA) is 81.1 Å². The number of ether oxygens (including phenoxy) is 1. The standard InChI is InChI=1S/C10H12N2O.C9H8N2O2/c1-10(2,13)8-3-5-12-6-4-11-9(12)7-8;1-13-9(12)7-2-4-11-5-3-10-8(11)6-7/h3-7,13H,1-2H3;2-6H,1H3. The summed E-state index contributed by atoms with van der Waals surface area (Å²) in [7, 11) is 1.36. The van der Waals surface area contributed by atoms with Crippen molar-refractivity contribution in [2.45, 2.75) is 19.4 Å². The number of nitrogens with zero attached hydrogens (tertiary/aromatic N) is 4. The van der Waals surface area contributed by atoms with Crippen LogP contribution in [0.2, 0.25) is 0 Å². The summed E-state index contributed by atoms with van der Waals surface area (Å²) in [5.74, 6) is -0.342. The van der Waals surface area contributed by atoms with Crippen LogP contribution in [-0.4, -0.2) is 37.0 Å². The van der Waals surface area contributed by atoms with Crippen molar-refractivity contribution in [2.24, 2.45) is 0 Å². The number of esters is 1. The Balaban J connectivity index is 0.000000151. The third-order valence-electron chi connectivity index (χ3n) is 3.92. The summed E-state index contributed by atoms with van der Waals surface area (Å²) in [6.07, 6.45) is 10.8. The van der Waals surface area contributed by atoms with Gasteiger partial charge in [0, 0.05) is 37.2 Å². The van der Waals surface area contributed by atoms with E-state index in [2.05, 4.69) is 14.7 Å². The molecule has 0 amide bonds. The first kappa shape index (κ1) is 17.6. The van der Waals surface area contributed by atoms with E-state index in [1.165, 1.54) is 7.11 Å². The lowest BCUT2D eigenvalue weighted by molar-refractivity contribution is 0.0600. The van der Waals surface area contributed by atoms with Crippen LogP contribution in [0.25, 0.3) is 11.3 Å². The van der Waals surface area contributed by atoms with E-state index in [-0.39, 0.29) is 5.97 Å². The molecule has 0 saturated carbocycles. The van der Waals surface area contributed by atoms with E-state index in [1.54, 1.807) is 44.6 Å². The van der Waals surface area contributed by atoms with Gasteiger partial charge in [-0.15, -0.1) is 0 Å². The molecule has 4 aromatic heterocycles. The average Bonchev–Trinajstić information content (AvgIpc) is 3.28. The van der Waals surface area contributed by atoms with E-state index >= 15 is 0 Å². The quantitative estimate of drug-likeness (QED) is 0.561. The molecule has 7 nitrogen and oxygen atoms in total. The molecule has 0 fully saturated rings. The van der Waals surface area contributed by atoms with E-state index in [0.29, 0.717) is 5.56 Å².